The van der Waals surface area contributed by atoms with Gasteiger partial charge in [0.1, 0.15) is 23.6 Å². The molecule has 1 unspecified atom stereocenters. The highest BCUT2D eigenvalue weighted by Gasteiger charge is 2.37. The summed E-state index contributed by atoms with van der Waals surface area (Å²) in [5.41, 5.74) is 2.58. The molecule has 170 valence electrons. The zero-order valence-corrected chi connectivity index (χ0v) is 17.9. The average molecular weight is 457 g/mol. The Labute approximate surface area is 194 Å². The number of hydrazone groups is 1. The Morgan fingerprint density at radius 3 is 2.71 bits per heavy atom. The molecule has 5 rings (SSSR count). The Kier molecular flexibility index (Phi) is 5.60. The normalized spacial score (nSPS) is 15.4. The molecule has 34 heavy (non-hydrogen) atoms. The van der Waals surface area contributed by atoms with E-state index in [1.807, 2.05) is 30.3 Å². The van der Waals surface area contributed by atoms with Gasteiger partial charge in [0.05, 0.1) is 23.9 Å². The smallest absolute Gasteiger partial charge is 0.294 e. The third kappa shape index (κ3) is 3.93. The number of aromatic hydroxyl groups is 1. The number of benzene rings is 2. The highest BCUT2D eigenvalue weighted by molar-refractivity contribution is 6.04. The SMILES string of the molecule is O=C(c1cn(-c2ccccc2)cn1)N1N=C(c2cncc(CO)c2)CC1c1c(O)cccc1F. The molecule has 3 heterocycles. The number of carbonyl (C=O) groups excluding carboxylic acids is 1. The molecule has 1 aliphatic rings. The van der Waals surface area contributed by atoms with Gasteiger partial charge in [-0.1, -0.05) is 24.3 Å². The van der Waals surface area contributed by atoms with E-state index in [4.69, 9.17) is 0 Å². The zero-order chi connectivity index (χ0) is 23.7. The number of halogens is 1. The van der Waals surface area contributed by atoms with Gasteiger partial charge >= 0.3 is 0 Å². The van der Waals surface area contributed by atoms with Crippen LogP contribution in [0.5, 0.6) is 5.75 Å². The molecule has 1 amide bonds. The monoisotopic (exact) mass is 457 g/mol. The van der Waals surface area contributed by atoms with Crippen LogP contribution in [0.4, 0.5) is 4.39 Å². The molecular formula is C25H20FN5O3. The van der Waals surface area contributed by atoms with Gasteiger partial charge in [0.2, 0.25) is 0 Å². The lowest BCUT2D eigenvalue weighted by molar-refractivity contribution is 0.0701. The van der Waals surface area contributed by atoms with E-state index in [2.05, 4.69) is 15.1 Å². The molecule has 2 aromatic carbocycles. The summed E-state index contributed by atoms with van der Waals surface area (Å²) in [4.78, 5) is 21.8. The number of nitrogens with zero attached hydrogens (tertiary/aromatic N) is 5. The molecule has 0 saturated carbocycles. The summed E-state index contributed by atoms with van der Waals surface area (Å²) in [5, 5.41) is 25.5. The molecule has 0 aliphatic carbocycles. The maximum absolute atomic E-state index is 14.8. The molecule has 4 aromatic rings. The molecule has 0 bridgehead atoms. The molecule has 0 spiro atoms. The average Bonchev–Trinajstić information content (AvgIpc) is 3.53. The summed E-state index contributed by atoms with van der Waals surface area (Å²) in [6.45, 7) is -0.203. The Bertz CT molecular complexity index is 1370. The van der Waals surface area contributed by atoms with E-state index in [0.29, 0.717) is 16.8 Å². The minimum atomic E-state index is -0.886. The topological polar surface area (TPSA) is 104 Å². The first-order chi connectivity index (χ1) is 16.5. The molecule has 2 N–H and O–H groups in total. The first-order valence-electron chi connectivity index (χ1n) is 10.6. The number of aromatic nitrogens is 3. The Morgan fingerprint density at radius 1 is 1.12 bits per heavy atom. The number of hydrogen-bond donors (Lipinski definition) is 2. The summed E-state index contributed by atoms with van der Waals surface area (Å²) >= 11 is 0. The summed E-state index contributed by atoms with van der Waals surface area (Å²) in [6.07, 6.45) is 6.34. The van der Waals surface area contributed by atoms with Crippen molar-refractivity contribution < 1.29 is 19.4 Å². The van der Waals surface area contributed by atoms with Gasteiger partial charge < -0.3 is 14.8 Å². The third-order valence-corrected chi connectivity index (χ3v) is 5.65. The molecule has 2 aromatic heterocycles. The number of aliphatic hydroxyl groups is 1. The zero-order valence-electron chi connectivity index (χ0n) is 17.9. The largest absolute Gasteiger partial charge is 0.507 e. The van der Waals surface area contributed by atoms with E-state index in [1.54, 1.807) is 23.0 Å². The first kappa shape index (κ1) is 21.5. The van der Waals surface area contributed by atoms with Crippen LogP contribution in [0, 0.1) is 5.82 Å². The van der Waals surface area contributed by atoms with Crippen molar-refractivity contribution >= 4 is 11.6 Å². The maximum atomic E-state index is 14.8. The molecule has 0 radical (unpaired) electrons. The van der Waals surface area contributed by atoms with E-state index >= 15 is 0 Å². The van der Waals surface area contributed by atoms with Gasteiger partial charge in [0.25, 0.3) is 5.91 Å². The number of amides is 1. The van der Waals surface area contributed by atoms with Crippen LogP contribution in [0.25, 0.3) is 5.69 Å². The van der Waals surface area contributed by atoms with Crippen molar-refractivity contribution in [3.8, 4) is 11.4 Å². The maximum Gasteiger partial charge on any atom is 0.294 e. The van der Waals surface area contributed by atoms with Crippen molar-refractivity contribution in [2.45, 2.75) is 19.1 Å². The number of imidazole rings is 1. The number of para-hydroxylation sites is 1. The van der Waals surface area contributed by atoms with Crippen LogP contribution in [0.3, 0.4) is 0 Å². The van der Waals surface area contributed by atoms with Gasteiger partial charge in [0, 0.05) is 36.3 Å². The minimum absolute atomic E-state index is 0.0247. The van der Waals surface area contributed by atoms with Gasteiger partial charge in [-0.2, -0.15) is 5.10 Å². The van der Waals surface area contributed by atoms with Crippen LogP contribution in [0.2, 0.25) is 0 Å². The Balaban J connectivity index is 1.55. The number of phenols is 1. The van der Waals surface area contributed by atoms with Crippen molar-refractivity contribution in [1.29, 1.82) is 0 Å². The summed E-state index contributed by atoms with van der Waals surface area (Å²) in [5.74, 6) is -1.45. The predicted octanol–water partition coefficient (Wildman–Crippen LogP) is 3.60. The van der Waals surface area contributed by atoms with Crippen LogP contribution in [0.1, 0.15) is 39.6 Å². The van der Waals surface area contributed by atoms with Crippen LogP contribution in [-0.4, -0.2) is 41.4 Å². The Morgan fingerprint density at radius 2 is 1.94 bits per heavy atom. The van der Waals surface area contributed by atoms with Crippen LogP contribution >= 0.6 is 0 Å². The van der Waals surface area contributed by atoms with Crippen molar-refractivity contribution in [3.63, 3.8) is 0 Å². The highest BCUT2D eigenvalue weighted by atomic mass is 19.1. The molecular weight excluding hydrogens is 437 g/mol. The molecule has 0 saturated heterocycles. The quantitative estimate of drug-likeness (QED) is 0.477. The number of carbonyl (C=O) groups is 1. The second-order valence-corrected chi connectivity index (χ2v) is 7.83. The molecule has 9 heteroatoms. The first-order valence-corrected chi connectivity index (χ1v) is 10.6. The standard InChI is InChI=1S/C25H20FN5O3/c26-19-7-4-8-23(33)24(19)22-10-20(17-9-16(14-32)11-27-12-17)29-31(22)25(34)21-13-30(15-28-21)18-5-2-1-3-6-18/h1-9,11-13,15,22,32-33H,10,14H2. The summed E-state index contributed by atoms with van der Waals surface area (Å²) < 4.78 is 16.5. The third-order valence-electron chi connectivity index (χ3n) is 5.65. The van der Waals surface area contributed by atoms with E-state index in [-0.39, 0.29) is 30.0 Å². The second kappa shape index (κ2) is 8.87. The second-order valence-electron chi connectivity index (χ2n) is 7.83. The number of aliphatic hydroxyl groups excluding tert-OH is 1. The van der Waals surface area contributed by atoms with Gasteiger partial charge in [-0.15, -0.1) is 0 Å². The summed E-state index contributed by atoms with van der Waals surface area (Å²) in [7, 11) is 0. The molecule has 8 nitrogen and oxygen atoms in total. The van der Waals surface area contributed by atoms with Crippen LogP contribution < -0.4 is 0 Å². The lowest BCUT2D eigenvalue weighted by Gasteiger charge is -2.22. The van der Waals surface area contributed by atoms with Crippen LogP contribution in [0.15, 0.2) is 84.6 Å². The predicted molar refractivity (Wildman–Crippen MR) is 122 cm³/mol. The van der Waals surface area contributed by atoms with Gasteiger partial charge in [0.15, 0.2) is 0 Å². The number of hydrogen-bond acceptors (Lipinski definition) is 6. The number of pyridine rings is 1. The summed E-state index contributed by atoms with van der Waals surface area (Å²) in [6, 6.07) is 14.2. The van der Waals surface area contributed by atoms with E-state index < -0.39 is 17.8 Å². The molecule has 1 aliphatic heterocycles. The molecule has 1 atom stereocenters. The van der Waals surface area contributed by atoms with Crippen molar-refractivity contribution in [2.24, 2.45) is 5.10 Å². The lowest BCUT2D eigenvalue weighted by Crippen LogP contribution is -2.28. The number of phenolic OH excluding ortho intramolecular Hbond substituents is 1. The fourth-order valence-corrected chi connectivity index (χ4v) is 3.98. The Hall–Kier alpha value is -4.37. The van der Waals surface area contributed by atoms with Crippen molar-refractivity contribution in [3.05, 3.63) is 108 Å². The minimum Gasteiger partial charge on any atom is -0.507 e. The van der Waals surface area contributed by atoms with Crippen molar-refractivity contribution in [2.75, 3.05) is 0 Å². The number of rotatable bonds is 5. The van der Waals surface area contributed by atoms with Gasteiger partial charge in [-0.05, 0) is 35.9 Å². The van der Waals surface area contributed by atoms with E-state index in [1.165, 1.54) is 30.7 Å². The van der Waals surface area contributed by atoms with E-state index in [0.717, 1.165) is 10.7 Å². The molecule has 0 fully saturated rings. The van der Waals surface area contributed by atoms with Gasteiger partial charge in [-0.25, -0.2) is 14.4 Å². The van der Waals surface area contributed by atoms with Gasteiger partial charge in [-0.3, -0.25) is 9.78 Å². The fraction of sp³-hybridized carbons (Fsp3) is 0.120. The van der Waals surface area contributed by atoms with Crippen molar-refractivity contribution in [1.82, 2.24) is 19.5 Å². The lowest BCUT2D eigenvalue weighted by atomic mass is 9.97. The van der Waals surface area contributed by atoms with Crippen LogP contribution in [-0.2, 0) is 6.61 Å². The highest BCUT2D eigenvalue weighted by Crippen LogP contribution is 2.39. The fourth-order valence-electron chi connectivity index (χ4n) is 3.98. The van der Waals surface area contributed by atoms with E-state index in [9.17, 15) is 19.4 Å².